The maximum atomic E-state index is 12.3. The van der Waals surface area contributed by atoms with E-state index in [-0.39, 0.29) is 36.7 Å². The molecule has 0 unspecified atom stereocenters. The van der Waals surface area contributed by atoms with Crippen molar-refractivity contribution in [3.8, 4) is 0 Å². The normalized spacial score (nSPS) is 11.3. The van der Waals surface area contributed by atoms with Crippen LogP contribution in [0.1, 0.15) is 19.4 Å². The minimum absolute atomic E-state index is 0. The molecule has 0 heterocycles. The van der Waals surface area contributed by atoms with Gasteiger partial charge in [0.05, 0.1) is 12.6 Å². The molecule has 0 radical (unpaired) electrons. The van der Waals surface area contributed by atoms with Crippen molar-refractivity contribution in [2.24, 2.45) is 11.7 Å². The van der Waals surface area contributed by atoms with Gasteiger partial charge in [-0.2, -0.15) is 0 Å². The topological polar surface area (TPSA) is 75.4 Å². The zero-order chi connectivity index (χ0) is 17.2. The van der Waals surface area contributed by atoms with Gasteiger partial charge in [-0.05, 0) is 17.9 Å². The highest BCUT2D eigenvalue weighted by Crippen LogP contribution is 2.02. The molecule has 1 rings (SSSR count). The lowest BCUT2D eigenvalue weighted by Gasteiger charge is -2.22. The van der Waals surface area contributed by atoms with E-state index in [0.717, 1.165) is 6.42 Å². The molecule has 0 aliphatic heterocycles. The number of nitrogens with zero attached hydrogens (tertiary/aromatic N) is 1. The first-order chi connectivity index (χ1) is 11.0. The summed E-state index contributed by atoms with van der Waals surface area (Å²) in [6, 6.07) is 9.37. The molecule has 0 bridgehead atoms. The molecule has 0 fully saturated rings. The van der Waals surface area contributed by atoms with Crippen molar-refractivity contribution >= 4 is 24.2 Å². The third-order valence-corrected chi connectivity index (χ3v) is 3.65. The summed E-state index contributed by atoms with van der Waals surface area (Å²) in [5.41, 5.74) is 6.93. The SMILES string of the molecule is C=CCN(CCc1ccccc1)C(=O)CNC(=O)[C@@H](N)C(C)C.Cl. The number of carbonyl (C=O) groups is 2. The van der Waals surface area contributed by atoms with Gasteiger partial charge in [0.25, 0.3) is 0 Å². The first kappa shape index (κ1) is 22.1. The summed E-state index contributed by atoms with van der Waals surface area (Å²) in [7, 11) is 0. The van der Waals surface area contributed by atoms with Crippen LogP contribution >= 0.6 is 12.4 Å². The van der Waals surface area contributed by atoms with Gasteiger partial charge in [0.1, 0.15) is 0 Å². The molecular formula is C18H28ClN3O2. The van der Waals surface area contributed by atoms with Crippen LogP contribution in [0.3, 0.4) is 0 Å². The molecule has 3 N–H and O–H groups in total. The Morgan fingerprint density at radius 1 is 1.29 bits per heavy atom. The van der Waals surface area contributed by atoms with Gasteiger partial charge in [-0.15, -0.1) is 19.0 Å². The van der Waals surface area contributed by atoms with Crippen molar-refractivity contribution in [3.05, 3.63) is 48.6 Å². The fourth-order valence-corrected chi connectivity index (χ4v) is 2.08. The molecule has 1 aromatic carbocycles. The second-order valence-electron chi connectivity index (χ2n) is 5.85. The van der Waals surface area contributed by atoms with Crippen LogP contribution in [0.15, 0.2) is 43.0 Å². The molecule has 5 nitrogen and oxygen atoms in total. The standard InChI is InChI=1S/C18H27N3O2.ClH/c1-4-11-21(12-10-15-8-6-5-7-9-15)16(22)13-20-18(23)17(19)14(2)3;/h4-9,14,17H,1,10-13,19H2,2-3H3,(H,20,23);1H/t17-;/m0./s1. The number of hydrogen-bond donors (Lipinski definition) is 2. The Kier molecular flexibility index (Phi) is 10.8. The quantitative estimate of drug-likeness (QED) is 0.664. The van der Waals surface area contributed by atoms with Crippen LogP contribution in [-0.2, 0) is 16.0 Å². The monoisotopic (exact) mass is 353 g/mol. The van der Waals surface area contributed by atoms with E-state index in [1.165, 1.54) is 5.56 Å². The highest BCUT2D eigenvalue weighted by atomic mass is 35.5. The summed E-state index contributed by atoms with van der Waals surface area (Å²) in [6.45, 7) is 8.43. The Hall–Kier alpha value is -1.85. The van der Waals surface area contributed by atoms with Gasteiger partial charge in [-0.3, -0.25) is 9.59 Å². The fraction of sp³-hybridized carbons (Fsp3) is 0.444. The van der Waals surface area contributed by atoms with E-state index in [9.17, 15) is 9.59 Å². The average molecular weight is 354 g/mol. The van der Waals surface area contributed by atoms with E-state index in [1.807, 2.05) is 44.2 Å². The molecule has 0 aliphatic carbocycles. The number of carbonyl (C=O) groups excluding carboxylic acids is 2. The van der Waals surface area contributed by atoms with E-state index >= 15 is 0 Å². The zero-order valence-electron chi connectivity index (χ0n) is 14.4. The summed E-state index contributed by atoms with van der Waals surface area (Å²) in [5, 5.41) is 2.61. The average Bonchev–Trinajstić information content (AvgIpc) is 2.56. The van der Waals surface area contributed by atoms with Crippen LogP contribution in [0.25, 0.3) is 0 Å². The van der Waals surface area contributed by atoms with Gasteiger partial charge in [0, 0.05) is 13.1 Å². The maximum absolute atomic E-state index is 12.3. The summed E-state index contributed by atoms with van der Waals surface area (Å²) in [4.78, 5) is 25.8. The van der Waals surface area contributed by atoms with Crippen LogP contribution < -0.4 is 11.1 Å². The van der Waals surface area contributed by atoms with Crippen molar-refractivity contribution in [1.82, 2.24) is 10.2 Å². The van der Waals surface area contributed by atoms with Gasteiger partial charge in [0.15, 0.2) is 0 Å². The molecule has 6 heteroatoms. The van der Waals surface area contributed by atoms with Gasteiger partial charge < -0.3 is 16.0 Å². The Bertz CT molecular complexity index is 520. The smallest absolute Gasteiger partial charge is 0.242 e. The first-order valence-electron chi connectivity index (χ1n) is 7.91. The van der Waals surface area contributed by atoms with Gasteiger partial charge in [-0.1, -0.05) is 50.3 Å². The molecule has 2 amide bonds. The van der Waals surface area contributed by atoms with Crippen LogP contribution in [0.5, 0.6) is 0 Å². The van der Waals surface area contributed by atoms with E-state index in [1.54, 1.807) is 11.0 Å². The van der Waals surface area contributed by atoms with Gasteiger partial charge >= 0.3 is 0 Å². The number of amides is 2. The molecule has 24 heavy (non-hydrogen) atoms. The Balaban J connectivity index is 0.00000529. The largest absolute Gasteiger partial charge is 0.346 e. The number of halogens is 1. The van der Waals surface area contributed by atoms with Crippen LogP contribution in [0.4, 0.5) is 0 Å². The Labute approximate surface area is 150 Å². The maximum Gasteiger partial charge on any atom is 0.242 e. The Morgan fingerprint density at radius 3 is 2.46 bits per heavy atom. The molecule has 1 atom stereocenters. The summed E-state index contributed by atoms with van der Waals surface area (Å²) in [5.74, 6) is -0.396. The molecule has 0 saturated carbocycles. The number of rotatable bonds is 9. The first-order valence-corrected chi connectivity index (χ1v) is 7.91. The number of nitrogens with two attached hydrogens (primary N) is 1. The minimum atomic E-state index is -0.597. The van der Waals surface area contributed by atoms with Crippen molar-refractivity contribution in [2.75, 3.05) is 19.6 Å². The van der Waals surface area contributed by atoms with E-state index in [0.29, 0.717) is 13.1 Å². The lowest BCUT2D eigenvalue weighted by molar-refractivity contribution is -0.133. The van der Waals surface area contributed by atoms with Crippen molar-refractivity contribution in [2.45, 2.75) is 26.3 Å². The lowest BCUT2D eigenvalue weighted by Crippen LogP contribution is -2.48. The highest BCUT2D eigenvalue weighted by Gasteiger charge is 2.19. The van der Waals surface area contributed by atoms with Crippen LogP contribution in [0.2, 0.25) is 0 Å². The number of nitrogens with one attached hydrogen (secondary N) is 1. The summed E-state index contributed by atoms with van der Waals surface area (Å²) in [6.07, 6.45) is 2.45. The predicted molar refractivity (Wildman–Crippen MR) is 100.0 cm³/mol. The highest BCUT2D eigenvalue weighted by molar-refractivity contribution is 5.87. The zero-order valence-corrected chi connectivity index (χ0v) is 15.2. The van der Waals surface area contributed by atoms with Crippen molar-refractivity contribution in [3.63, 3.8) is 0 Å². The molecule has 0 spiro atoms. The van der Waals surface area contributed by atoms with Crippen LogP contribution in [0, 0.1) is 5.92 Å². The minimum Gasteiger partial charge on any atom is -0.346 e. The third-order valence-electron chi connectivity index (χ3n) is 3.65. The lowest BCUT2D eigenvalue weighted by atomic mass is 10.1. The molecule has 0 aromatic heterocycles. The number of hydrogen-bond acceptors (Lipinski definition) is 3. The van der Waals surface area contributed by atoms with E-state index < -0.39 is 6.04 Å². The van der Waals surface area contributed by atoms with Gasteiger partial charge in [0.2, 0.25) is 11.8 Å². The summed E-state index contributed by atoms with van der Waals surface area (Å²) >= 11 is 0. The van der Waals surface area contributed by atoms with Crippen molar-refractivity contribution in [1.29, 1.82) is 0 Å². The third kappa shape index (κ3) is 7.62. The number of benzene rings is 1. The van der Waals surface area contributed by atoms with E-state index in [4.69, 9.17) is 5.73 Å². The fourth-order valence-electron chi connectivity index (χ4n) is 2.08. The molecule has 1 aromatic rings. The van der Waals surface area contributed by atoms with Crippen molar-refractivity contribution < 1.29 is 9.59 Å². The molecule has 0 saturated heterocycles. The molecule has 0 aliphatic rings. The van der Waals surface area contributed by atoms with Crippen LogP contribution in [-0.4, -0.2) is 42.4 Å². The second-order valence-corrected chi connectivity index (χ2v) is 5.85. The second kappa shape index (κ2) is 11.6. The predicted octanol–water partition coefficient (Wildman–Crippen LogP) is 1.76. The summed E-state index contributed by atoms with van der Waals surface area (Å²) < 4.78 is 0. The Morgan fingerprint density at radius 2 is 1.92 bits per heavy atom. The van der Waals surface area contributed by atoms with E-state index in [2.05, 4.69) is 11.9 Å². The van der Waals surface area contributed by atoms with Gasteiger partial charge in [-0.25, -0.2) is 0 Å². The molecular weight excluding hydrogens is 326 g/mol. The molecule has 134 valence electrons.